The van der Waals surface area contributed by atoms with Crippen molar-refractivity contribution < 1.29 is 0 Å². The standard InChI is InChI=1S/C7H10INS/c1-9(2)4-7-3-6(8)5-10-7/h3,5H,4H2,1-2H3. The van der Waals surface area contributed by atoms with E-state index in [1.54, 1.807) is 0 Å². The lowest BCUT2D eigenvalue weighted by Gasteiger charge is -2.05. The number of nitrogens with zero attached hydrogens (tertiary/aromatic N) is 1. The Balaban J connectivity index is 2.58. The van der Waals surface area contributed by atoms with E-state index in [2.05, 4.69) is 53.0 Å². The number of hydrogen-bond donors (Lipinski definition) is 0. The van der Waals surface area contributed by atoms with Crippen LogP contribution in [0.3, 0.4) is 0 Å². The summed E-state index contributed by atoms with van der Waals surface area (Å²) in [7, 11) is 4.18. The van der Waals surface area contributed by atoms with Gasteiger partial charge in [0.15, 0.2) is 0 Å². The first kappa shape index (κ1) is 8.49. The highest BCUT2D eigenvalue weighted by molar-refractivity contribution is 14.1. The molecule has 1 nitrogen and oxygen atoms in total. The van der Waals surface area contributed by atoms with Gasteiger partial charge in [-0.3, -0.25) is 0 Å². The number of hydrogen-bond acceptors (Lipinski definition) is 2. The Hall–Kier alpha value is 0.390. The van der Waals surface area contributed by atoms with Crippen molar-refractivity contribution in [2.24, 2.45) is 0 Å². The third-order valence-corrected chi connectivity index (χ3v) is 3.06. The topological polar surface area (TPSA) is 3.24 Å². The second kappa shape index (κ2) is 3.69. The Morgan fingerprint density at radius 1 is 1.60 bits per heavy atom. The van der Waals surface area contributed by atoms with Crippen molar-refractivity contribution in [3.63, 3.8) is 0 Å². The second-order valence-electron chi connectivity index (χ2n) is 2.47. The largest absolute Gasteiger partial charge is 0.304 e. The molecule has 0 bridgehead atoms. The van der Waals surface area contributed by atoms with E-state index >= 15 is 0 Å². The molecule has 1 aromatic rings. The Labute approximate surface area is 79.2 Å². The lowest BCUT2D eigenvalue weighted by molar-refractivity contribution is 0.406. The summed E-state index contributed by atoms with van der Waals surface area (Å²) in [5, 5.41) is 2.18. The van der Waals surface area contributed by atoms with Crippen molar-refractivity contribution in [1.29, 1.82) is 0 Å². The minimum absolute atomic E-state index is 1.06. The van der Waals surface area contributed by atoms with Gasteiger partial charge in [0.2, 0.25) is 0 Å². The highest BCUT2D eigenvalue weighted by Crippen LogP contribution is 2.16. The van der Waals surface area contributed by atoms with Crippen LogP contribution in [0.15, 0.2) is 11.4 Å². The highest BCUT2D eigenvalue weighted by Gasteiger charge is 1.97. The fraction of sp³-hybridized carbons (Fsp3) is 0.429. The van der Waals surface area contributed by atoms with Crippen LogP contribution in [-0.4, -0.2) is 19.0 Å². The monoisotopic (exact) mass is 267 g/mol. The summed E-state index contributed by atoms with van der Waals surface area (Å²) in [5.74, 6) is 0. The van der Waals surface area contributed by atoms with Gasteiger partial charge in [-0.25, -0.2) is 0 Å². The van der Waals surface area contributed by atoms with Gasteiger partial charge < -0.3 is 4.90 Å². The maximum atomic E-state index is 2.34. The van der Waals surface area contributed by atoms with Crippen molar-refractivity contribution in [2.45, 2.75) is 6.54 Å². The van der Waals surface area contributed by atoms with Gasteiger partial charge in [-0.05, 0) is 42.8 Å². The Morgan fingerprint density at radius 2 is 2.30 bits per heavy atom. The van der Waals surface area contributed by atoms with Crippen molar-refractivity contribution in [3.05, 3.63) is 19.9 Å². The molecule has 0 saturated heterocycles. The van der Waals surface area contributed by atoms with Gasteiger partial charge in [-0.15, -0.1) is 11.3 Å². The van der Waals surface area contributed by atoms with Crippen LogP contribution in [0.2, 0.25) is 0 Å². The van der Waals surface area contributed by atoms with Gasteiger partial charge in [0, 0.05) is 20.4 Å². The quantitative estimate of drug-likeness (QED) is 0.744. The van der Waals surface area contributed by atoms with E-state index in [9.17, 15) is 0 Å². The zero-order chi connectivity index (χ0) is 7.56. The fourth-order valence-corrected chi connectivity index (χ4v) is 2.58. The van der Waals surface area contributed by atoms with Crippen LogP contribution in [0.4, 0.5) is 0 Å². The Morgan fingerprint density at radius 3 is 2.70 bits per heavy atom. The zero-order valence-electron chi connectivity index (χ0n) is 6.10. The molecule has 0 aliphatic carbocycles. The maximum Gasteiger partial charge on any atom is 0.0322 e. The molecule has 0 aromatic carbocycles. The summed E-state index contributed by atoms with van der Waals surface area (Å²) in [6, 6.07) is 2.23. The van der Waals surface area contributed by atoms with Gasteiger partial charge in [-0.1, -0.05) is 0 Å². The minimum Gasteiger partial charge on any atom is -0.304 e. The smallest absolute Gasteiger partial charge is 0.0322 e. The van der Waals surface area contributed by atoms with E-state index in [0.29, 0.717) is 0 Å². The molecular weight excluding hydrogens is 257 g/mol. The van der Waals surface area contributed by atoms with E-state index < -0.39 is 0 Å². The van der Waals surface area contributed by atoms with Crippen molar-refractivity contribution >= 4 is 33.9 Å². The lowest BCUT2D eigenvalue weighted by atomic mass is 10.4. The molecule has 0 radical (unpaired) electrons. The molecule has 0 atom stereocenters. The van der Waals surface area contributed by atoms with E-state index in [1.165, 1.54) is 8.45 Å². The van der Waals surface area contributed by atoms with E-state index in [0.717, 1.165) is 6.54 Å². The average molecular weight is 267 g/mol. The lowest BCUT2D eigenvalue weighted by Crippen LogP contribution is -2.09. The molecule has 0 fully saturated rings. The first-order chi connectivity index (χ1) is 4.68. The first-order valence-corrected chi connectivity index (χ1v) is 5.02. The number of rotatable bonds is 2. The molecule has 0 aliphatic rings. The molecule has 0 spiro atoms. The molecule has 56 valence electrons. The molecular formula is C7H10INS. The number of halogens is 1. The van der Waals surface area contributed by atoms with E-state index in [-0.39, 0.29) is 0 Å². The average Bonchev–Trinajstić information content (AvgIpc) is 2.13. The van der Waals surface area contributed by atoms with Crippen LogP contribution in [0.25, 0.3) is 0 Å². The van der Waals surface area contributed by atoms with Crippen LogP contribution in [0.1, 0.15) is 4.88 Å². The third-order valence-electron chi connectivity index (χ3n) is 1.09. The molecule has 0 unspecified atom stereocenters. The Bertz CT molecular complexity index is 207. The van der Waals surface area contributed by atoms with Gasteiger partial charge in [0.1, 0.15) is 0 Å². The second-order valence-corrected chi connectivity index (χ2v) is 4.71. The van der Waals surface area contributed by atoms with Gasteiger partial charge in [-0.2, -0.15) is 0 Å². The first-order valence-electron chi connectivity index (χ1n) is 3.06. The van der Waals surface area contributed by atoms with Crippen LogP contribution in [-0.2, 0) is 6.54 Å². The van der Waals surface area contributed by atoms with Crippen molar-refractivity contribution in [3.8, 4) is 0 Å². The van der Waals surface area contributed by atoms with Gasteiger partial charge >= 0.3 is 0 Å². The SMILES string of the molecule is CN(C)Cc1cc(I)cs1. The minimum atomic E-state index is 1.06. The molecule has 3 heteroatoms. The van der Waals surface area contributed by atoms with Gasteiger partial charge in [0.25, 0.3) is 0 Å². The Kier molecular flexibility index (Phi) is 3.13. The summed E-state index contributed by atoms with van der Waals surface area (Å²) in [6.07, 6.45) is 0. The van der Waals surface area contributed by atoms with Crippen LogP contribution in [0, 0.1) is 3.57 Å². The number of thiophene rings is 1. The van der Waals surface area contributed by atoms with E-state index in [4.69, 9.17) is 0 Å². The summed E-state index contributed by atoms with van der Waals surface area (Å²) in [4.78, 5) is 3.62. The molecule has 0 amide bonds. The predicted molar refractivity (Wildman–Crippen MR) is 54.4 cm³/mol. The predicted octanol–water partition coefficient (Wildman–Crippen LogP) is 2.41. The summed E-state index contributed by atoms with van der Waals surface area (Å²) >= 11 is 4.17. The molecule has 1 aromatic heterocycles. The summed E-state index contributed by atoms with van der Waals surface area (Å²) in [5.41, 5.74) is 0. The van der Waals surface area contributed by atoms with Crippen LogP contribution < -0.4 is 0 Å². The third kappa shape index (κ3) is 2.56. The molecule has 0 saturated carbocycles. The van der Waals surface area contributed by atoms with Crippen molar-refractivity contribution in [2.75, 3.05) is 14.1 Å². The van der Waals surface area contributed by atoms with Crippen LogP contribution >= 0.6 is 33.9 Å². The maximum absolute atomic E-state index is 2.34. The highest BCUT2D eigenvalue weighted by atomic mass is 127. The molecule has 1 rings (SSSR count). The molecule has 0 aliphatic heterocycles. The molecule has 0 N–H and O–H groups in total. The normalized spacial score (nSPS) is 10.8. The van der Waals surface area contributed by atoms with Gasteiger partial charge in [0.05, 0.1) is 0 Å². The summed E-state index contributed by atoms with van der Waals surface area (Å²) < 4.78 is 1.35. The molecule has 10 heavy (non-hydrogen) atoms. The van der Waals surface area contributed by atoms with E-state index in [1.807, 2.05) is 11.3 Å². The summed E-state index contributed by atoms with van der Waals surface area (Å²) in [6.45, 7) is 1.06. The van der Waals surface area contributed by atoms with Crippen molar-refractivity contribution in [1.82, 2.24) is 4.90 Å². The van der Waals surface area contributed by atoms with Crippen LogP contribution in [0.5, 0.6) is 0 Å². The molecule has 1 heterocycles. The zero-order valence-corrected chi connectivity index (χ0v) is 9.07. The fourth-order valence-electron chi connectivity index (χ4n) is 0.748.